The number of rotatable bonds is 5. The van der Waals surface area contributed by atoms with Crippen molar-refractivity contribution in [1.29, 1.82) is 5.26 Å². The molecular weight excluding hydrogens is 198 g/mol. The Morgan fingerprint density at radius 2 is 2.50 bits per heavy atom. The molecule has 0 aromatic heterocycles. The Hall–Kier alpha value is -0.730. The van der Waals surface area contributed by atoms with Gasteiger partial charge < -0.3 is 10.6 Å². The number of nitrogens with zero attached hydrogens (tertiary/aromatic N) is 1. The van der Waals surface area contributed by atoms with Gasteiger partial charge in [-0.25, -0.2) is 0 Å². The fourth-order valence-electron chi connectivity index (χ4n) is 1.33. The van der Waals surface area contributed by atoms with Crippen molar-refractivity contribution in [2.75, 3.05) is 31.1 Å². The quantitative estimate of drug-likeness (QED) is 0.629. The van der Waals surface area contributed by atoms with Gasteiger partial charge in [-0.1, -0.05) is 0 Å². The maximum absolute atomic E-state index is 11.0. The summed E-state index contributed by atoms with van der Waals surface area (Å²) in [7, 11) is 0. The van der Waals surface area contributed by atoms with E-state index in [0.717, 1.165) is 6.54 Å². The molecule has 1 rings (SSSR count). The van der Waals surface area contributed by atoms with Gasteiger partial charge in [-0.2, -0.15) is 17.0 Å². The summed E-state index contributed by atoms with van der Waals surface area (Å²) in [6.45, 7) is 1.33. The van der Waals surface area contributed by atoms with Crippen LogP contribution in [-0.2, 0) is 4.79 Å². The van der Waals surface area contributed by atoms with E-state index < -0.39 is 0 Å². The van der Waals surface area contributed by atoms with Gasteiger partial charge in [-0.3, -0.25) is 4.79 Å². The summed E-state index contributed by atoms with van der Waals surface area (Å²) in [6, 6.07) is 1.87. The molecule has 1 fully saturated rings. The number of hydrogen-bond acceptors (Lipinski definition) is 4. The van der Waals surface area contributed by atoms with Crippen LogP contribution >= 0.6 is 11.8 Å². The molecule has 0 radical (unpaired) electrons. The molecule has 1 aliphatic rings. The minimum absolute atomic E-state index is 0.0970. The molecule has 1 atom stereocenters. The summed E-state index contributed by atoms with van der Waals surface area (Å²) >= 11 is 1.97. The summed E-state index contributed by atoms with van der Waals surface area (Å²) < 4.78 is 0. The Bertz CT molecular complexity index is 221. The summed E-state index contributed by atoms with van der Waals surface area (Å²) in [5.41, 5.74) is 0. The third kappa shape index (κ3) is 4.49. The normalized spacial score (nSPS) is 20.4. The van der Waals surface area contributed by atoms with Crippen LogP contribution in [-0.4, -0.2) is 37.0 Å². The van der Waals surface area contributed by atoms with Gasteiger partial charge in [0.05, 0.1) is 12.6 Å². The molecule has 0 aliphatic carbocycles. The standard InChI is InChI=1S/C9H15N3OS/c10-2-3-12-9(13)6-11-5-8-1-4-14-7-8/h8,11H,1,3-7H2,(H,12,13). The zero-order valence-corrected chi connectivity index (χ0v) is 8.90. The molecule has 1 unspecified atom stereocenters. The molecule has 78 valence electrons. The molecule has 0 bridgehead atoms. The highest BCUT2D eigenvalue weighted by molar-refractivity contribution is 7.99. The van der Waals surface area contributed by atoms with Gasteiger partial charge in [0, 0.05) is 0 Å². The lowest BCUT2D eigenvalue weighted by Gasteiger charge is -2.08. The highest BCUT2D eigenvalue weighted by Crippen LogP contribution is 2.22. The maximum Gasteiger partial charge on any atom is 0.234 e. The van der Waals surface area contributed by atoms with Crippen LogP contribution < -0.4 is 10.6 Å². The number of carbonyl (C=O) groups excluding carboxylic acids is 1. The van der Waals surface area contributed by atoms with Gasteiger partial charge in [0.2, 0.25) is 5.91 Å². The fraction of sp³-hybridized carbons (Fsp3) is 0.778. The highest BCUT2D eigenvalue weighted by Gasteiger charge is 2.14. The van der Waals surface area contributed by atoms with Crippen molar-refractivity contribution in [3.63, 3.8) is 0 Å². The van der Waals surface area contributed by atoms with E-state index in [9.17, 15) is 4.79 Å². The van der Waals surface area contributed by atoms with Crippen LogP contribution in [0, 0.1) is 17.2 Å². The van der Waals surface area contributed by atoms with Crippen LogP contribution in [0.3, 0.4) is 0 Å². The van der Waals surface area contributed by atoms with E-state index in [1.165, 1.54) is 17.9 Å². The highest BCUT2D eigenvalue weighted by atomic mass is 32.2. The first-order valence-corrected chi connectivity index (χ1v) is 5.90. The van der Waals surface area contributed by atoms with Crippen LogP contribution in [0.4, 0.5) is 0 Å². The lowest BCUT2D eigenvalue weighted by molar-refractivity contribution is -0.120. The maximum atomic E-state index is 11.0. The minimum Gasteiger partial charge on any atom is -0.342 e. The lowest BCUT2D eigenvalue weighted by atomic mass is 10.1. The topological polar surface area (TPSA) is 64.9 Å². The van der Waals surface area contributed by atoms with Crippen molar-refractivity contribution in [2.45, 2.75) is 6.42 Å². The molecule has 0 aromatic carbocycles. The van der Waals surface area contributed by atoms with E-state index in [4.69, 9.17) is 5.26 Å². The predicted octanol–water partition coefficient (Wildman–Crippen LogP) is -0.0311. The molecule has 2 N–H and O–H groups in total. The number of thioether (sulfide) groups is 1. The largest absolute Gasteiger partial charge is 0.342 e. The summed E-state index contributed by atoms with van der Waals surface area (Å²) in [4.78, 5) is 11.0. The third-order valence-electron chi connectivity index (χ3n) is 2.11. The van der Waals surface area contributed by atoms with E-state index in [2.05, 4.69) is 10.6 Å². The second kappa shape index (κ2) is 6.68. The Morgan fingerprint density at radius 1 is 1.64 bits per heavy atom. The monoisotopic (exact) mass is 213 g/mol. The Kier molecular flexibility index (Phi) is 5.42. The Balaban J connectivity index is 1.97. The molecule has 1 aliphatic heterocycles. The van der Waals surface area contributed by atoms with Gasteiger partial charge in [0.25, 0.3) is 0 Å². The molecule has 0 aromatic rings. The molecule has 1 saturated heterocycles. The van der Waals surface area contributed by atoms with E-state index >= 15 is 0 Å². The van der Waals surface area contributed by atoms with Crippen molar-refractivity contribution in [3.8, 4) is 6.07 Å². The van der Waals surface area contributed by atoms with E-state index in [1.54, 1.807) is 0 Å². The number of hydrogen-bond donors (Lipinski definition) is 2. The Morgan fingerprint density at radius 3 is 3.14 bits per heavy atom. The smallest absolute Gasteiger partial charge is 0.234 e. The van der Waals surface area contributed by atoms with E-state index in [-0.39, 0.29) is 12.5 Å². The summed E-state index contributed by atoms with van der Waals surface area (Å²) in [6.07, 6.45) is 1.25. The number of carbonyl (C=O) groups is 1. The summed E-state index contributed by atoms with van der Waals surface area (Å²) in [5, 5.41) is 13.8. The van der Waals surface area contributed by atoms with Gasteiger partial charge in [-0.15, -0.1) is 0 Å². The van der Waals surface area contributed by atoms with Crippen LogP contribution in [0.15, 0.2) is 0 Å². The molecule has 0 spiro atoms. The van der Waals surface area contributed by atoms with E-state index in [0.29, 0.717) is 12.5 Å². The van der Waals surface area contributed by atoms with Crippen LogP contribution in [0.5, 0.6) is 0 Å². The van der Waals surface area contributed by atoms with Gasteiger partial charge in [0.15, 0.2) is 0 Å². The van der Waals surface area contributed by atoms with Crippen LogP contribution in [0.25, 0.3) is 0 Å². The third-order valence-corrected chi connectivity index (χ3v) is 3.34. The second-order valence-corrected chi connectivity index (χ2v) is 4.45. The average molecular weight is 213 g/mol. The first kappa shape index (κ1) is 11.3. The zero-order chi connectivity index (χ0) is 10.2. The number of nitrogens with one attached hydrogen (secondary N) is 2. The van der Waals surface area contributed by atoms with Crippen molar-refractivity contribution >= 4 is 17.7 Å². The van der Waals surface area contributed by atoms with Gasteiger partial charge >= 0.3 is 0 Å². The minimum atomic E-state index is -0.0998. The van der Waals surface area contributed by atoms with Crippen LogP contribution in [0.2, 0.25) is 0 Å². The van der Waals surface area contributed by atoms with Crippen LogP contribution in [0.1, 0.15) is 6.42 Å². The van der Waals surface area contributed by atoms with Crippen molar-refractivity contribution in [2.24, 2.45) is 5.92 Å². The Labute approximate surface area is 88.4 Å². The fourth-order valence-corrected chi connectivity index (χ4v) is 2.62. The average Bonchev–Trinajstić information content (AvgIpc) is 2.67. The van der Waals surface area contributed by atoms with Crippen molar-refractivity contribution in [3.05, 3.63) is 0 Å². The van der Waals surface area contributed by atoms with Crippen molar-refractivity contribution < 1.29 is 4.79 Å². The predicted molar refractivity (Wildman–Crippen MR) is 56.9 cm³/mol. The lowest BCUT2D eigenvalue weighted by Crippen LogP contribution is -2.36. The molecule has 5 heteroatoms. The van der Waals surface area contributed by atoms with E-state index in [1.807, 2.05) is 17.8 Å². The molecule has 1 amide bonds. The SMILES string of the molecule is N#CCNC(=O)CNCC1CCSC1. The summed E-state index contributed by atoms with van der Waals surface area (Å²) in [5.74, 6) is 3.06. The molecule has 1 heterocycles. The zero-order valence-electron chi connectivity index (χ0n) is 8.08. The van der Waals surface area contributed by atoms with Crippen molar-refractivity contribution in [1.82, 2.24) is 10.6 Å². The number of nitriles is 1. The van der Waals surface area contributed by atoms with Gasteiger partial charge in [-0.05, 0) is 30.4 Å². The number of amides is 1. The first-order chi connectivity index (χ1) is 6.83. The molecular formula is C9H15N3OS. The molecule has 14 heavy (non-hydrogen) atoms. The van der Waals surface area contributed by atoms with Gasteiger partial charge in [0.1, 0.15) is 6.54 Å². The second-order valence-electron chi connectivity index (χ2n) is 3.30. The molecule has 0 saturated carbocycles. The molecule has 4 nitrogen and oxygen atoms in total. The first-order valence-electron chi connectivity index (χ1n) is 4.75.